The monoisotopic (exact) mass is 301 g/mol. The third-order valence-electron chi connectivity index (χ3n) is 3.68. The van der Waals surface area contributed by atoms with Crippen LogP contribution < -0.4 is 10.6 Å². The summed E-state index contributed by atoms with van der Waals surface area (Å²) in [6, 6.07) is -0.455. The zero-order chi connectivity index (χ0) is 16.5. The number of carboxylic acid groups (broad SMARTS) is 1. The van der Waals surface area contributed by atoms with E-state index in [2.05, 4.69) is 10.6 Å². The lowest BCUT2D eigenvalue weighted by molar-refractivity contribution is -0.147. The van der Waals surface area contributed by atoms with E-state index in [0.717, 1.165) is 0 Å². The van der Waals surface area contributed by atoms with E-state index in [1.165, 1.54) is 0 Å². The lowest BCUT2D eigenvalue weighted by atomic mass is 9.88. The summed E-state index contributed by atoms with van der Waals surface area (Å²) in [4.78, 5) is 36.1. The van der Waals surface area contributed by atoms with Gasteiger partial charge in [-0.25, -0.2) is 4.79 Å². The molecule has 1 atom stereocenters. The van der Waals surface area contributed by atoms with Gasteiger partial charge < -0.3 is 20.6 Å². The average molecular weight is 301 g/mol. The number of amides is 3. The first-order valence-corrected chi connectivity index (χ1v) is 7.33. The molecule has 122 valence electrons. The molecule has 0 radical (unpaired) electrons. The van der Waals surface area contributed by atoms with Gasteiger partial charge in [0.25, 0.3) is 0 Å². The fourth-order valence-electron chi connectivity index (χ4n) is 1.71. The highest BCUT2D eigenvalue weighted by Crippen LogP contribution is 2.19. The van der Waals surface area contributed by atoms with Crippen LogP contribution in [0.3, 0.4) is 0 Å². The summed E-state index contributed by atoms with van der Waals surface area (Å²) in [5.41, 5.74) is -0.978. The van der Waals surface area contributed by atoms with Gasteiger partial charge in [0.05, 0.1) is 5.41 Å². The third kappa shape index (κ3) is 6.46. The Bertz CT molecular complexity index is 369. The quantitative estimate of drug-likeness (QED) is 0.592. The van der Waals surface area contributed by atoms with E-state index in [1.807, 2.05) is 13.8 Å². The van der Waals surface area contributed by atoms with Crippen LogP contribution >= 0.6 is 0 Å². The largest absolute Gasteiger partial charge is 0.481 e. The SMILES string of the molecule is CCN(CC)C(=O)CCNC(=O)NCC(C)(CC)C(=O)O. The van der Waals surface area contributed by atoms with Crippen LogP contribution in [0.25, 0.3) is 0 Å². The smallest absolute Gasteiger partial charge is 0.314 e. The van der Waals surface area contributed by atoms with Gasteiger partial charge in [0.2, 0.25) is 5.91 Å². The Morgan fingerprint density at radius 1 is 1.10 bits per heavy atom. The van der Waals surface area contributed by atoms with Crippen LogP contribution in [-0.4, -0.2) is 54.1 Å². The summed E-state index contributed by atoms with van der Waals surface area (Å²) in [6.07, 6.45) is 0.655. The van der Waals surface area contributed by atoms with Gasteiger partial charge in [-0.15, -0.1) is 0 Å². The van der Waals surface area contributed by atoms with Crippen molar-refractivity contribution in [1.82, 2.24) is 15.5 Å². The predicted molar refractivity (Wildman–Crippen MR) is 80.0 cm³/mol. The zero-order valence-electron chi connectivity index (χ0n) is 13.4. The molecular formula is C14H27N3O4. The van der Waals surface area contributed by atoms with E-state index < -0.39 is 17.4 Å². The number of hydrogen-bond acceptors (Lipinski definition) is 3. The molecule has 21 heavy (non-hydrogen) atoms. The maximum absolute atomic E-state index is 11.7. The molecular weight excluding hydrogens is 274 g/mol. The molecule has 0 aliphatic carbocycles. The summed E-state index contributed by atoms with van der Waals surface area (Å²) in [5, 5.41) is 14.2. The molecule has 0 aromatic carbocycles. The number of urea groups is 1. The first-order chi connectivity index (χ1) is 9.80. The summed E-state index contributed by atoms with van der Waals surface area (Å²) >= 11 is 0. The maximum Gasteiger partial charge on any atom is 0.314 e. The number of carbonyl (C=O) groups is 3. The number of carboxylic acids is 1. The Morgan fingerprint density at radius 2 is 1.67 bits per heavy atom. The average Bonchev–Trinajstić information content (AvgIpc) is 2.45. The summed E-state index contributed by atoms with van der Waals surface area (Å²) < 4.78 is 0. The Morgan fingerprint density at radius 3 is 2.10 bits per heavy atom. The van der Waals surface area contributed by atoms with Crippen molar-refractivity contribution in [1.29, 1.82) is 0 Å². The summed E-state index contributed by atoms with van der Waals surface area (Å²) in [6.45, 7) is 8.73. The van der Waals surface area contributed by atoms with Crippen molar-refractivity contribution < 1.29 is 19.5 Å². The predicted octanol–water partition coefficient (Wildman–Crippen LogP) is 1.05. The van der Waals surface area contributed by atoms with E-state index in [1.54, 1.807) is 18.7 Å². The third-order valence-corrected chi connectivity index (χ3v) is 3.68. The highest BCUT2D eigenvalue weighted by Gasteiger charge is 2.31. The molecule has 1 unspecified atom stereocenters. The first kappa shape index (κ1) is 19.2. The molecule has 3 N–H and O–H groups in total. The van der Waals surface area contributed by atoms with Gasteiger partial charge in [0, 0.05) is 32.6 Å². The minimum atomic E-state index is -0.978. The molecule has 0 rings (SSSR count). The normalized spacial score (nSPS) is 13.1. The molecule has 0 aliphatic heterocycles. The second-order valence-corrected chi connectivity index (χ2v) is 5.14. The van der Waals surface area contributed by atoms with Crippen LogP contribution in [0, 0.1) is 5.41 Å². The van der Waals surface area contributed by atoms with Crippen molar-refractivity contribution in [2.75, 3.05) is 26.2 Å². The van der Waals surface area contributed by atoms with Gasteiger partial charge in [0.1, 0.15) is 0 Å². The number of nitrogens with zero attached hydrogens (tertiary/aromatic N) is 1. The molecule has 0 aromatic heterocycles. The van der Waals surface area contributed by atoms with Crippen molar-refractivity contribution in [2.45, 2.75) is 40.5 Å². The number of aliphatic carboxylic acids is 1. The standard InChI is InChI=1S/C14H27N3O4/c1-5-14(4,12(19)20)10-16-13(21)15-9-8-11(18)17(6-2)7-3/h5-10H2,1-4H3,(H,19,20)(H2,15,16,21). The second kappa shape index (κ2) is 9.20. The van der Waals surface area contributed by atoms with Crippen molar-refractivity contribution in [2.24, 2.45) is 5.41 Å². The molecule has 0 spiro atoms. The van der Waals surface area contributed by atoms with Gasteiger partial charge in [-0.05, 0) is 27.2 Å². The van der Waals surface area contributed by atoms with E-state index in [9.17, 15) is 14.4 Å². The van der Waals surface area contributed by atoms with Gasteiger partial charge in [0.15, 0.2) is 0 Å². The Hall–Kier alpha value is -1.79. The Balaban J connectivity index is 4.07. The lowest BCUT2D eigenvalue weighted by Crippen LogP contribution is -2.45. The first-order valence-electron chi connectivity index (χ1n) is 7.33. The minimum Gasteiger partial charge on any atom is -0.481 e. The molecule has 0 heterocycles. The lowest BCUT2D eigenvalue weighted by Gasteiger charge is -2.23. The molecule has 0 aromatic rings. The van der Waals surface area contributed by atoms with Crippen molar-refractivity contribution in [3.05, 3.63) is 0 Å². The Labute approximate surface area is 126 Å². The number of hydrogen-bond donors (Lipinski definition) is 3. The van der Waals surface area contributed by atoms with Gasteiger partial charge in [-0.2, -0.15) is 0 Å². The van der Waals surface area contributed by atoms with Crippen molar-refractivity contribution in [3.8, 4) is 0 Å². The van der Waals surface area contributed by atoms with Gasteiger partial charge in [-0.1, -0.05) is 6.92 Å². The molecule has 7 heteroatoms. The zero-order valence-corrected chi connectivity index (χ0v) is 13.4. The van der Waals surface area contributed by atoms with E-state index >= 15 is 0 Å². The minimum absolute atomic E-state index is 0.00997. The fourth-order valence-corrected chi connectivity index (χ4v) is 1.71. The number of rotatable bonds is 9. The molecule has 0 aliphatic rings. The van der Waals surface area contributed by atoms with Gasteiger partial charge >= 0.3 is 12.0 Å². The highest BCUT2D eigenvalue weighted by molar-refractivity contribution is 5.79. The number of nitrogens with one attached hydrogen (secondary N) is 2. The summed E-state index contributed by atoms with van der Waals surface area (Å²) in [7, 11) is 0. The second-order valence-electron chi connectivity index (χ2n) is 5.14. The van der Waals surface area contributed by atoms with E-state index in [4.69, 9.17) is 5.11 Å². The maximum atomic E-state index is 11.7. The van der Waals surface area contributed by atoms with Crippen LogP contribution in [0.15, 0.2) is 0 Å². The molecule has 7 nitrogen and oxygen atoms in total. The molecule has 0 fully saturated rings. The molecule has 0 bridgehead atoms. The van der Waals surface area contributed by atoms with Crippen molar-refractivity contribution >= 4 is 17.9 Å². The van der Waals surface area contributed by atoms with Crippen molar-refractivity contribution in [3.63, 3.8) is 0 Å². The van der Waals surface area contributed by atoms with E-state index in [0.29, 0.717) is 19.5 Å². The van der Waals surface area contributed by atoms with Crippen LogP contribution in [0.4, 0.5) is 4.79 Å². The molecule has 3 amide bonds. The van der Waals surface area contributed by atoms with Gasteiger partial charge in [-0.3, -0.25) is 9.59 Å². The van der Waals surface area contributed by atoms with Crippen LogP contribution in [0.5, 0.6) is 0 Å². The molecule has 0 saturated heterocycles. The summed E-state index contributed by atoms with van der Waals surface area (Å²) in [5.74, 6) is -0.953. The highest BCUT2D eigenvalue weighted by atomic mass is 16.4. The Kier molecular flexibility index (Phi) is 8.42. The van der Waals surface area contributed by atoms with Crippen LogP contribution in [-0.2, 0) is 9.59 Å². The number of carbonyl (C=O) groups excluding carboxylic acids is 2. The topological polar surface area (TPSA) is 98.7 Å². The fraction of sp³-hybridized carbons (Fsp3) is 0.786. The molecule has 0 saturated carbocycles. The van der Waals surface area contributed by atoms with Crippen LogP contribution in [0.2, 0.25) is 0 Å². The van der Waals surface area contributed by atoms with Crippen LogP contribution in [0.1, 0.15) is 40.5 Å². The van der Waals surface area contributed by atoms with E-state index in [-0.39, 0.29) is 25.4 Å².